The van der Waals surface area contributed by atoms with E-state index in [2.05, 4.69) is 16.9 Å². The van der Waals surface area contributed by atoms with Crippen LogP contribution in [0.1, 0.15) is 26.2 Å². The molecule has 0 aliphatic heterocycles. The van der Waals surface area contributed by atoms with Crippen LogP contribution in [0, 0.1) is 5.92 Å². The summed E-state index contributed by atoms with van der Waals surface area (Å²) in [6.45, 7) is 3.42. The van der Waals surface area contributed by atoms with E-state index in [9.17, 15) is 0 Å². The van der Waals surface area contributed by atoms with Gasteiger partial charge in [-0.2, -0.15) is 0 Å². The molecule has 0 radical (unpaired) electrons. The largest absolute Gasteiger partial charge is 0.490 e. The van der Waals surface area contributed by atoms with Crippen LogP contribution in [0.2, 0.25) is 0 Å². The van der Waals surface area contributed by atoms with Crippen LogP contribution in [0.25, 0.3) is 0 Å². The first kappa shape index (κ1) is 13.1. The van der Waals surface area contributed by atoms with Gasteiger partial charge in [-0.15, -0.1) is 0 Å². The van der Waals surface area contributed by atoms with Gasteiger partial charge in [0.25, 0.3) is 0 Å². The Balaban J connectivity index is 2.19. The van der Waals surface area contributed by atoms with E-state index in [4.69, 9.17) is 10.5 Å². The fourth-order valence-electron chi connectivity index (χ4n) is 2.87. The lowest BCUT2D eigenvalue weighted by molar-refractivity contribution is 0.337. The molecule has 1 aromatic rings. The Kier molecular flexibility index (Phi) is 4.42. The smallest absolute Gasteiger partial charge is 0.171 e. The van der Waals surface area contributed by atoms with Gasteiger partial charge < -0.3 is 15.4 Å². The van der Waals surface area contributed by atoms with E-state index in [1.807, 2.05) is 25.3 Å². The zero-order valence-corrected chi connectivity index (χ0v) is 11.3. The molecule has 0 amide bonds. The lowest BCUT2D eigenvalue weighted by Crippen LogP contribution is -2.38. The molecule has 2 N–H and O–H groups in total. The molecule has 1 fully saturated rings. The molecule has 4 nitrogen and oxygen atoms in total. The highest BCUT2D eigenvalue weighted by Gasteiger charge is 2.31. The van der Waals surface area contributed by atoms with Gasteiger partial charge in [-0.25, -0.2) is 4.98 Å². The predicted octanol–water partition coefficient (Wildman–Crippen LogP) is 2.04. The predicted molar refractivity (Wildman–Crippen MR) is 74.0 cm³/mol. The Hall–Kier alpha value is -1.29. The van der Waals surface area contributed by atoms with Gasteiger partial charge in [-0.05, 0) is 44.4 Å². The topological polar surface area (TPSA) is 51.4 Å². The number of hydrogen-bond acceptors (Lipinski definition) is 4. The first-order chi connectivity index (χ1) is 8.77. The normalized spacial score (nSPS) is 23.1. The van der Waals surface area contributed by atoms with E-state index in [0.29, 0.717) is 18.6 Å². The molecule has 100 valence electrons. The SMILES string of the molecule is CCOc1cccnc1N(C)C1CCCC1CN. The van der Waals surface area contributed by atoms with Gasteiger partial charge in [-0.3, -0.25) is 0 Å². The van der Waals surface area contributed by atoms with Crippen LogP contribution in [0.3, 0.4) is 0 Å². The van der Waals surface area contributed by atoms with Crippen molar-refractivity contribution >= 4 is 5.82 Å². The Morgan fingerprint density at radius 1 is 1.50 bits per heavy atom. The molecular weight excluding hydrogens is 226 g/mol. The second-order valence-corrected chi connectivity index (χ2v) is 4.86. The number of rotatable bonds is 5. The minimum absolute atomic E-state index is 0.490. The Labute approximate surface area is 109 Å². The second kappa shape index (κ2) is 6.05. The quantitative estimate of drug-likeness (QED) is 0.867. The molecule has 0 saturated heterocycles. The van der Waals surface area contributed by atoms with E-state index in [0.717, 1.165) is 18.1 Å². The van der Waals surface area contributed by atoms with Gasteiger partial charge in [0.15, 0.2) is 11.6 Å². The first-order valence-electron chi connectivity index (χ1n) is 6.78. The number of nitrogens with two attached hydrogens (primary N) is 1. The second-order valence-electron chi connectivity index (χ2n) is 4.86. The highest BCUT2D eigenvalue weighted by atomic mass is 16.5. The van der Waals surface area contributed by atoms with Crippen LogP contribution in [-0.4, -0.2) is 31.2 Å². The summed E-state index contributed by atoms with van der Waals surface area (Å²) < 4.78 is 5.65. The molecule has 18 heavy (non-hydrogen) atoms. The van der Waals surface area contributed by atoms with Crippen LogP contribution in [0.4, 0.5) is 5.82 Å². The zero-order valence-electron chi connectivity index (χ0n) is 11.3. The fourth-order valence-corrected chi connectivity index (χ4v) is 2.87. The van der Waals surface area contributed by atoms with Crippen molar-refractivity contribution in [2.75, 3.05) is 25.1 Å². The summed E-state index contributed by atoms with van der Waals surface area (Å²) in [6, 6.07) is 4.38. The van der Waals surface area contributed by atoms with Crippen LogP contribution < -0.4 is 15.4 Å². The van der Waals surface area contributed by atoms with Gasteiger partial charge in [0, 0.05) is 19.3 Å². The van der Waals surface area contributed by atoms with E-state index in [1.54, 1.807) is 0 Å². The lowest BCUT2D eigenvalue weighted by Gasteiger charge is -2.31. The maximum absolute atomic E-state index is 5.86. The summed E-state index contributed by atoms with van der Waals surface area (Å²) in [6.07, 6.45) is 5.50. The summed E-state index contributed by atoms with van der Waals surface area (Å²) in [5, 5.41) is 0. The summed E-state index contributed by atoms with van der Waals surface area (Å²) in [5.74, 6) is 2.38. The van der Waals surface area contributed by atoms with E-state index >= 15 is 0 Å². The third-order valence-electron chi connectivity index (χ3n) is 3.80. The van der Waals surface area contributed by atoms with Crippen molar-refractivity contribution in [2.24, 2.45) is 11.7 Å². The zero-order chi connectivity index (χ0) is 13.0. The molecule has 1 heterocycles. The molecule has 0 bridgehead atoms. The summed E-state index contributed by atoms with van der Waals surface area (Å²) in [4.78, 5) is 6.72. The van der Waals surface area contributed by atoms with Crippen molar-refractivity contribution in [2.45, 2.75) is 32.2 Å². The average Bonchev–Trinajstić information content (AvgIpc) is 2.87. The molecule has 1 aliphatic rings. The van der Waals surface area contributed by atoms with Gasteiger partial charge in [0.1, 0.15) is 0 Å². The minimum Gasteiger partial charge on any atom is -0.490 e. The molecule has 2 atom stereocenters. The fraction of sp³-hybridized carbons (Fsp3) is 0.643. The van der Waals surface area contributed by atoms with Crippen molar-refractivity contribution in [1.29, 1.82) is 0 Å². The monoisotopic (exact) mass is 249 g/mol. The molecule has 1 saturated carbocycles. The highest BCUT2D eigenvalue weighted by Crippen LogP contribution is 2.34. The Bertz CT molecular complexity index is 383. The van der Waals surface area contributed by atoms with Gasteiger partial charge >= 0.3 is 0 Å². The third-order valence-corrected chi connectivity index (χ3v) is 3.80. The molecule has 4 heteroatoms. The maximum Gasteiger partial charge on any atom is 0.171 e. The summed E-state index contributed by atoms with van der Waals surface area (Å²) in [5.41, 5.74) is 5.86. The van der Waals surface area contributed by atoms with Crippen molar-refractivity contribution in [1.82, 2.24) is 4.98 Å². The Morgan fingerprint density at radius 2 is 2.33 bits per heavy atom. The maximum atomic E-state index is 5.86. The highest BCUT2D eigenvalue weighted by molar-refractivity contribution is 5.52. The standard InChI is InChI=1S/C14H23N3O/c1-3-18-13-8-5-9-16-14(13)17(2)12-7-4-6-11(12)10-15/h5,8-9,11-12H,3-4,6-7,10,15H2,1-2H3. The number of hydrogen-bond donors (Lipinski definition) is 1. The number of pyridine rings is 1. The van der Waals surface area contributed by atoms with Gasteiger partial charge in [0.2, 0.25) is 0 Å². The third kappa shape index (κ3) is 2.58. The van der Waals surface area contributed by atoms with Crippen molar-refractivity contribution in [3.05, 3.63) is 18.3 Å². The molecule has 1 aromatic heterocycles. The van der Waals surface area contributed by atoms with Crippen LogP contribution in [0.5, 0.6) is 5.75 Å². The summed E-state index contributed by atoms with van der Waals surface area (Å²) in [7, 11) is 2.10. The van der Waals surface area contributed by atoms with Gasteiger partial charge in [-0.1, -0.05) is 6.42 Å². The van der Waals surface area contributed by atoms with Crippen LogP contribution >= 0.6 is 0 Å². The van der Waals surface area contributed by atoms with Crippen molar-refractivity contribution in [3.8, 4) is 5.75 Å². The van der Waals surface area contributed by atoms with E-state index < -0.39 is 0 Å². The minimum atomic E-state index is 0.490. The summed E-state index contributed by atoms with van der Waals surface area (Å²) >= 11 is 0. The number of ether oxygens (including phenoxy) is 1. The van der Waals surface area contributed by atoms with Crippen molar-refractivity contribution in [3.63, 3.8) is 0 Å². The van der Waals surface area contributed by atoms with Crippen LogP contribution in [-0.2, 0) is 0 Å². The molecular formula is C14H23N3O. The number of nitrogens with zero attached hydrogens (tertiary/aromatic N) is 2. The molecule has 2 rings (SSSR count). The van der Waals surface area contributed by atoms with E-state index in [-0.39, 0.29) is 0 Å². The molecule has 0 aromatic carbocycles. The van der Waals surface area contributed by atoms with E-state index in [1.165, 1.54) is 19.3 Å². The molecule has 1 aliphatic carbocycles. The first-order valence-corrected chi connectivity index (χ1v) is 6.78. The Morgan fingerprint density at radius 3 is 3.06 bits per heavy atom. The molecule has 2 unspecified atom stereocenters. The van der Waals surface area contributed by atoms with Gasteiger partial charge in [0.05, 0.1) is 6.61 Å². The van der Waals surface area contributed by atoms with Crippen molar-refractivity contribution < 1.29 is 4.74 Å². The lowest BCUT2D eigenvalue weighted by atomic mass is 10.0. The number of aromatic nitrogens is 1. The average molecular weight is 249 g/mol. The molecule has 0 spiro atoms. The van der Waals surface area contributed by atoms with Crippen LogP contribution in [0.15, 0.2) is 18.3 Å². The number of anilines is 1.